The summed E-state index contributed by atoms with van der Waals surface area (Å²) in [7, 11) is 2.43. The summed E-state index contributed by atoms with van der Waals surface area (Å²) in [5, 5.41) is 0. The largest absolute Gasteiger partial charge is 0.326 e. The molecule has 0 rings (SSSR count). The predicted molar refractivity (Wildman–Crippen MR) is 70.1 cm³/mol. The van der Waals surface area contributed by atoms with Crippen LogP contribution in [0.3, 0.4) is 0 Å². The van der Waals surface area contributed by atoms with E-state index < -0.39 is 0 Å². The van der Waals surface area contributed by atoms with E-state index in [1.165, 1.54) is 69.1 Å². The van der Waals surface area contributed by atoms with Gasteiger partial charge in [0.15, 0.2) is 0 Å². The highest BCUT2D eigenvalue weighted by Crippen LogP contribution is 2.10. The second kappa shape index (κ2) is 9.21. The summed E-state index contributed by atoms with van der Waals surface area (Å²) in [4.78, 5) is 0. The smallest absolute Gasteiger partial charge is 0.0784 e. The molecule has 1 atom stereocenters. The number of unbranched alkanes of at least 4 members (excludes halogenated alkanes) is 5. The van der Waals surface area contributed by atoms with Crippen LogP contribution in [0.2, 0.25) is 0 Å². The molecular weight excluding hydrogens is 182 g/mol. The van der Waals surface area contributed by atoms with Crippen LogP contribution in [0.25, 0.3) is 0 Å². The van der Waals surface area contributed by atoms with E-state index in [1.807, 2.05) is 0 Å². The van der Waals surface area contributed by atoms with E-state index >= 15 is 0 Å². The second-order valence-electron chi connectivity index (χ2n) is 5.15. The Morgan fingerprint density at radius 3 is 1.73 bits per heavy atom. The molecule has 0 aliphatic rings. The summed E-state index contributed by atoms with van der Waals surface area (Å²) in [5.74, 6) is 0. The van der Waals surface area contributed by atoms with Crippen LogP contribution in [0.5, 0.6) is 0 Å². The molecule has 0 spiro atoms. The van der Waals surface area contributed by atoms with E-state index in [0.29, 0.717) is 0 Å². The van der Waals surface area contributed by atoms with Crippen molar-refractivity contribution in [2.75, 3.05) is 26.7 Å². The molecule has 0 aromatic heterocycles. The van der Waals surface area contributed by atoms with Gasteiger partial charge in [-0.25, -0.2) is 0 Å². The first-order valence-electron chi connectivity index (χ1n) is 7.02. The number of nitrogens with zero attached hydrogens (tertiary/aromatic N) is 1. The summed E-state index contributed by atoms with van der Waals surface area (Å²) >= 11 is 0. The van der Waals surface area contributed by atoms with Gasteiger partial charge in [0.1, 0.15) is 0 Å². The van der Waals surface area contributed by atoms with Gasteiger partial charge in [0.25, 0.3) is 0 Å². The molecule has 0 aromatic rings. The molecule has 0 fully saturated rings. The Morgan fingerprint density at radius 1 is 0.667 bits per heavy atom. The van der Waals surface area contributed by atoms with Crippen LogP contribution < -0.4 is 0 Å². The number of hydrogen-bond acceptors (Lipinski definition) is 0. The zero-order valence-electron chi connectivity index (χ0n) is 11.5. The third-order valence-corrected chi connectivity index (χ3v) is 3.62. The molecule has 1 heteroatoms. The Kier molecular flexibility index (Phi) is 9.18. The van der Waals surface area contributed by atoms with E-state index in [4.69, 9.17) is 0 Å². The Labute approximate surface area is 97.5 Å². The van der Waals surface area contributed by atoms with E-state index in [0.717, 1.165) is 0 Å². The molecule has 0 saturated heterocycles. The van der Waals surface area contributed by atoms with Gasteiger partial charge in [0, 0.05) is 0 Å². The second-order valence-corrected chi connectivity index (χ2v) is 5.15. The van der Waals surface area contributed by atoms with Gasteiger partial charge in [-0.2, -0.15) is 0 Å². The van der Waals surface area contributed by atoms with Gasteiger partial charge in [-0.3, -0.25) is 0 Å². The summed E-state index contributed by atoms with van der Waals surface area (Å²) < 4.78 is 1.29. The third-order valence-electron chi connectivity index (χ3n) is 3.62. The van der Waals surface area contributed by atoms with Crippen LogP contribution in [0.15, 0.2) is 0 Å². The third kappa shape index (κ3) is 7.84. The first kappa shape index (κ1) is 15.0. The zero-order valence-corrected chi connectivity index (χ0v) is 11.5. The van der Waals surface area contributed by atoms with Crippen LogP contribution >= 0.6 is 0 Å². The summed E-state index contributed by atoms with van der Waals surface area (Å²) in [6.07, 6.45) is 9.80. The molecule has 0 amide bonds. The van der Waals surface area contributed by atoms with E-state index in [1.54, 1.807) is 0 Å². The number of hydrogen-bond donors (Lipinski definition) is 0. The van der Waals surface area contributed by atoms with Gasteiger partial charge in [0.05, 0.1) is 26.7 Å². The monoisotopic (exact) mass is 214 g/mol. The van der Waals surface area contributed by atoms with Crippen LogP contribution in [-0.4, -0.2) is 31.2 Å². The standard InChI is InChI=1S/C14H32N/c1-5-8-10-11-12-14-15(4,7-3)13-9-6-2/h5-14H2,1-4H3/q+1. The molecule has 1 nitrogen and oxygen atoms in total. The topological polar surface area (TPSA) is 0 Å². The van der Waals surface area contributed by atoms with Crippen molar-refractivity contribution < 1.29 is 4.48 Å². The Hall–Kier alpha value is -0.0400. The summed E-state index contributed by atoms with van der Waals surface area (Å²) in [5.41, 5.74) is 0. The van der Waals surface area contributed by atoms with E-state index in [-0.39, 0.29) is 0 Å². The lowest BCUT2D eigenvalue weighted by Crippen LogP contribution is -2.45. The van der Waals surface area contributed by atoms with Crippen molar-refractivity contribution in [3.05, 3.63) is 0 Å². The van der Waals surface area contributed by atoms with Crippen molar-refractivity contribution in [1.29, 1.82) is 0 Å². The maximum absolute atomic E-state index is 2.43. The minimum absolute atomic E-state index is 1.29. The molecular formula is C14H32N+. The molecule has 0 heterocycles. The minimum atomic E-state index is 1.29. The molecule has 0 bridgehead atoms. The molecule has 0 saturated carbocycles. The molecule has 1 unspecified atom stereocenters. The van der Waals surface area contributed by atoms with Crippen LogP contribution in [0, 0.1) is 0 Å². The van der Waals surface area contributed by atoms with Crippen molar-refractivity contribution in [3.8, 4) is 0 Å². The molecule has 0 aliphatic heterocycles. The quantitative estimate of drug-likeness (QED) is 0.377. The highest BCUT2D eigenvalue weighted by molar-refractivity contribution is 4.44. The molecule has 0 radical (unpaired) electrons. The van der Waals surface area contributed by atoms with E-state index in [2.05, 4.69) is 27.8 Å². The first-order valence-corrected chi connectivity index (χ1v) is 7.02. The first-order chi connectivity index (χ1) is 7.18. The fourth-order valence-electron chi connectivity index (χ4n) is 2.06. The van der Waals surface area contributed by atoms with Gasteiger partial charge in [-0.15, -0.1) is 0 Å². The SMILES string of the molecule is CCCCCCC[N+](C)(CC)CCCC. The lowest BCUT2D eigenvalue weighted by molar-refractivity contribution is -0.908. The highest BCUT2D eigenvalue weighted by atomic mass is 15.3. The van der Waals surface area contributed by atoms with Crippen molar-refractivity contribution in [2.45, 2.75) is 65.7 Å². The average Bonchev–Trinajstić information content (AvgIpc) is 2.26. The molecule has 15 heavy (non-hydrogen) atoms. The van der Waals surface area contributed by atoms with Gasteiger partial charge in [0.2, 0.25) is 0 Å². The molecule has 0 aliphatic carbocycles. The van der Waals surface area contributed by atoms with Crippen molar-refractivity contribution in [2.24, 2.45) is 0 Å². The summed E-state index contributed by atoms with van der Waals surface area (Å²) in [6, 6.07) is 0. The van der Waals surface area contributed by atoms with Gasteiger partial charge in [-0.05, 0) is 26.2 Å². The van der Waals surface area contributed by atoms with Crippen LogP contribution in [0.4, 0.5) is 0 Å². The normalized spacial score (nSPS) is 15.2. The molecule has 0 aromatic carbocycles. The van der Waals surface area contributed by atoms with Gasteiger partial charge < -0.3 is 4.48 Å². The maximum Gasteiger partial charge on any atom is 0.0784 e. The molecule has 0 N–H and O–H groups in total. The number of quaternary nitrogens is 1. The van der Waals surface area contributed by atoms with Crippen LogP contribution in [-0.2, 0) is 0 Å². The Bertz CT molecular complexity index is 133. The highest BCUT2D eigenvalue weighted by Gasteiger charge is 2.17. The molecule has 92 valence electrons. The van der Waals surface area contributed by atoms with Gasteiger partial charge in [-0.1, -0.05) is 39.5 Å². The fraction of sp³-hybridized carbons (Fsp3) is 1.00. The Morgan fingerprint density at radius 2 is 1.20 bits per heavy atom. The van der Waals surface area contributed by atoms with Crippen molar-refractivity contribution >= 4 is 0 Å². The maximum atomic E-state index is 2.43. The lowest BCUT2D eigenvalue weighted by Gasteiger charge is -2.33. The fourth-order valence-corrected chi connectivity index (χ4v) is 2.06. The summed E-state index contributed by atoms with van der Waals surface area (Å²) in [6.45, 7) is 11.0. The number of rotatable bonds is 10. The van der Waals surface area contributed by atoms with E-state index in [9.17, 15) is 0 Å². The Balaban J connectivity index is 3.58. The lowest BCUT2D eigenvalue weighted by atomic mass is 10.1. The van der Waals surface area contributed by atoms with Crippen molar-refractivity contribution in [3.63, 3.8) is 0 Å². The average molecular weight is 214 g/mol. The zero-order chi connectivity index (χ0) is 11.6. The van der Waals surface area contributed by atoms with Crippen molar-refractivity contribution in [1.82, 2.24) is 0 Å². The minimum Gasteiger partial charge on any atom is -0.326 e. The van der Waals surface area contributed by atoms with Crippen LogP contribution in [0.1, 0.15) is 65.7 Å². The van der Waals surface area contributed by atoms with Gasteiger partial charge >= 0.3 is 0 Å². The predicted octanol–water partition coefficient (Wildman–Crippen LogP) is 4.22.